The Morgan fingerprint density at radius 1 is 1.07 bits per heavy atom. The Balaban J connectivity index is 1.55. The highest BCUT2D eigenvalue weighted by atomic mass is 32.3. The number of hydrogen-bond acceptors (Lipinski definition) is 3. The van der Waals surface area contributed by atoms with Gasteiger partial charge in [-0.2, -0.15) is 0 Å². The van der Waals surface area contributed by atoms with Crippen LogP contribution in [-0.2, 0) is 11.3 Å². The Kier molecular flexibility index (Phi) is 10.0. The van der Waals surface area contributed by atoms with E-state index in [0.717, 1.165) is 29.1 Å². The van der Waals surface area contributed by atoms with Gasteiger partial charge in [-0.05, 0) is 54.0 Å². The Bertz CT molecular complexity index is 1350. The van der Waals surface area contributed by atoms with Crippen LogP contribution in [0.1, 0.15) is 38.1 Å². The van der Waals surface area contributed by atoms with E-state index in [9.17, 15) is 13.6 Å². The van der Waals surface area contributed by atoms with Crippen molar-refractivity contribution in [3.8, 4) is 11.1 Å². The molecule has 1 aliphatic heterocycles. The number of rotatable bonds is 10. The van der Waals surface area contributed by atoms with Gasteiger partial charge in [0.25, 0.3) is 0 Å². The molecule has 1 fully saturated rings. The topological polar surface area (TPSA) is 46.5 Å². The molecule has 1 saturated heterocycles. The zero-order valence-corrected chi connectivity index (χ0v) is 26.3. The van der Waals surface area contributed by atoms with E-state index < -0.39 is 39.8 Å². The van der Waals surface area contributed by atoms with Gasteiger partial charge >= 0.3 is 6.09 Å². The van der Waals surface area contributed by atoms with Gasteiger partial charge in [-0.25, -0.2) is 28.0 Å². The third kappa shape index (κ3) is 8.34. The number of carbonyl (C=O) groups excluding carboxylic acids is 1. The molecule has 230 valence electrons. The lowest BCUT2D eigenvalue weighted by molar-refractivity contribution is 0.113. The normalized spacial score (nSPS) is 18.7. The molecular formula is C33H44F3N3O2S. The molecule has 0 spiro atoms. The second-order valence-electron chi connectivity index (χ2n) is 13.2. The number of ether oxygens (including phenoxy) is 1. The molecule has 0 unspecified atom stereocenters. The van der Waals surface area contributed by atoms with Crippen LogP contribution in [0.4, 0.5) is 18.0 Å². The molecule has 9 heteroatoms. The molecule has 2 aromatic carbocycles. The molecule has 5 nitrogen and oxygen atoms in total. The lowest BCUT2D eigenvalue weighted by Gasteiger charge is -2.34. The van der Waals surface area contributed by atoms with Crippen molar-refractivity contribution in [1.29, 1.82) is 0 Å². The van der Waals surface area contributed by atoms with E-state index >= 15 is 4.39 Å². The lowest BCUT2D eigenvalue weighted by Crippen LogP contribution is -2.39. The van der Waals surface area contributed by atoms with Crippen LogP contribution < -0.4 is 5.32 Å². The number of benzene rings is 2. The van der Waals surface area contributed by atoms with Crippen molar-refractivity contribution in [1.82, 2.24) is 14.8 Å². The minimum atomic E-state index is -1.17. The van der Waals surface area contributed by atoms with Gasteiger partial charge in [-0.15, -0.1) is 0 Å². The number of halogens is 3. The fraction of sp³-hybridized carbons (Fsp3) is 0.485. The summed E-state index contributed by atoms with van der Waals surface area (Å²) in [5, 5.41) is 3.58. The molecule has 1 N–H and O–H groups in total. The first-order valence-electron chi connectivity index (χ1n) is 14.4. The Morgan fingerprint density at radius 3 is 2.45 bits per heavy atom. The highest BCUT2D eigenvalue weighted by molar-refractivity contribution is 8.32. The fourth-order valence-electron chi connectivity index (χ4n) is 5.32. The van der Waals surface area contributed by atoms with Gasteiger partial charge in [-0.3, -0.25) is 0 Å². The molecule has 1 aromatic heterocycles. The van der Waals surface area contributed by atoms with E-state index in [1.165, 1.54) is 11.0 Å². The molecule has 1 amide bonds. The van der Waals surface area contributed by atoms with Crippen LogP contribution in [0.2, 0.25) is 0 Å². The third-order valence-corrected chi connectivity index (χ3v) is 9.04. The highest BCUT2D eigenvalue weighted by Crippen LogP contribution is 2.38. The second kappa shape index (κ2) is 13.2. The maximum atomic E-state index is 15.2. The van der Waals surface area contributed by atoms with Gasteiger partial charge in [0.2, 0.25) is 0 Å². The van der Waals surface area contributed by atoms with Crippen molar-refractivity contribution in [3.63, 3.8) is 0 Å². The van der Waals surface area contributed by atoms with E-state index in [0.29, 0.717) is 25.3 Å². The minimum Gasteiger partial charge on any atom is -0.449 e. The van der Waals surface area contributed by atoms with Crippen molar-refractivity contribution >= 4 is 16.1 Å². The molecule has 0 radical (unpaired) electrons. The molecule has 1 aliphatic rings. The Labute approximate surface area is 249 Å². The van der Waals surface area contributed by atoms with Crippen LogP contribution in [0.25, 0.3) is 11.1 Å². The summed E-state index contributed by atoms with van der Waals surface area (Å²) in [6.07, 6.45) is 6.70. The molecule has 0 saturated carbocycles. The predicted octanol–water partition coefficient (Wildman–Crippen LogP) is 7.26. The summed E-state index contributed by atoms with van der Waals surface area (Å²) in [5.41, 5.74) is 2.42. The monoisotopic (exact) mass is 603 g/mol. The molecule has 3 aromatic rings. The number of alkyl halides is 1. The van der Waals surface area contributed by atoms with Gasteiger partial charge in [0, 0.05) is 54.3 Å². The quantitative estimate of drug-likeness (QED) is 0.265. The van der Waals surface area contributed by atoms with Crippen LogP contribution in [0.3, 0.4) is 0 Å². The van der Waals surface area contributed by atoms with Crippen molar-refractivity contribution < 1.29 is 22.7 Å². The summed E-state index contributed by atoms with van der Waals surface area (Å²) < 4.78 is 51.6. The molecule has 3 atom stereocenters. The van der Waals surface area contributed by atoms with Crippen molar-refractivity contribution in [2.45, 2.75) is 39.5 Å². The summed E-state index contributed by atoms with van der Waals surface area (Å²) in [4.78, 5) is 14.1. The zero-order valence-electron chi connectivity index (χ0n) is 25.5. The Morgan fingerprint density at radius 2 is 1.79 bits per heavy atom. The predicted molar refractivity (Wildman–Crippen MR) is 167 cm³/mol. The highest BCUT2D eigenvalue weighted by Gasteiger charge is 2.38. The zero-order chi connectivity index (χ0) is 30.7. The summed E-state index contributed by atoms with van der Waals surface area (Å²) in [5.74, 6) is -0.587. The largest absolute Gasteiger partial charge is 0.449 e. The average Bonchev–Trinajstić information content (AvgIpc) is 3.48. The first-order valence-corrected chi connectivity index (χ1v) is 17.4. The van der Waals surface area contributed by atoms with Crippen molar-refractivity contribution in [3.05, 3.63) is 83.7 Å². The maximum absolute atomic E-state index is 15.2. The summed E-state index contributed by atoms with van der Waals surface area (Å²) in [7, 11) is -0.789. The molecule has 2 heterocycles. The van der Waals surface area contributed by atoms with Crippen LogP contribution >= 0.6 is 10.0 Å². The number of nitrogens with zero attached hydrogens (tertiary/aromatic N) is 2. The number of likely N-dealkylation sites (tertiary alicyclic amines) is 1. The fourth-order valence-corrected chi connectivity index (χ4v) is 5.90. The van der Waals surface area contributed by atoms with Crippen LogP contribution in [0.5, 0.6) is 0 Å². The van der Waals surface area contributed by atoms with Crippen molar-refractivity contribution in [2.24, 2.45) is 11.3 Å². The van der Waals surface area contributed by atoms with Crippen LogP contribution in [-0.4, -0.2) is 72.5 Å². The van der Waals surface area contributed by atoms with E-state index in [4.69, 9.17) is 4.74 Å². The average molecular weight is 604 g/mol. The molecular weight excluding hydrogens is 559 g/mol. The van der Waals surface area contributed by atoms with Gasteiger partial charge < -0.3 is 19.5 Å². The third-order valence-electron chi connectivity index (χ3n) is 7.65. The second-order valence-corrected chi connectivity index (χ2v) is 17.8. The maximum Gasteiger partial charge on any atom is 0.409 e. The standard InChI is InChI=1S/C33H44F3N3O2S/c1-33(2,3)31(37-18-25-21-39(22-29(25)36)32(40)41-14-15-42(4,5)6)30-16-24(27-17-26(34)12-13-28(27)35)20-38(30)19-23-10-8-7-9-11-23/h7-13,16-17,20,25,29,31,37H,14-15,18-19,21-22H2,1-6H3/t25-,29+,31+/m1/s1. The lowest BCUT2D eigenvalue weighted by atomic mass is 9.84. The van der Waals surface area contributed by atoms with Crippen LogP contribution in [0.15, 0.2) is 60.8 Å². The summed E-state index contributed by atoms with van der Waals surface area (Å²) in [6.45, 7) is 7.79. The van der Waals surface area contributed by atoms with Crippen LogP contribution in [0, 0.1) is 23.0 Å². The number of nitrogens with one attached hydrogen (secondary N) is 1. The number of hydrogen-bond donors (Lipinski definition) is 1. The van der Waals surface area contributed by atoms with E-state index in [-0.39, 0.29) is 30.1 Å². The molecule has 0 bridgehead atoms. The smallest absolute Gasteiger partial charge is 0.409 e. The number of aromatic nitrogens is 1. The van der Waals surface area contributed by atoms with Crippen molar-refractivity contribution in [2.75, 3.05) is 50.8 Å². The van der Waals surface area contributed by atoms with E-state index in [1.807, 2.05) is 42.6 Å². The number of carbonyl (C=O) groups is 1. The first kappa shape index (κ1) is 32.0. The van der Waals surface area contributed by atoms with Gasteiger partial charge in [-0.1, -0.05) is 51.1 Å². The van der Waals surface area contributed by atoms with Gasteiger partial charge in [0.05, 0.1) is 12.6 Å². The number of amides is 1. The van der Waals surface area contributed by atoms with Gasteiger partial charge in [0.1, 0.15) is 24.4 Å². The SMILES string of the molecule is CC(C)(C)[C@@H](NC[C@@H]1CN(C(=O)OCCS(C)(C)C)C[C@@H]1F)c1cc(-c2cc(F)ccc2F)cn1Cc1ccccc1. The molecule has 42 heavy (non-hydrogen) atoms. The summed E-state index contributed by atoms with van der Waals surface area (Å²) >= 11 is 0. The Hall–Kier alpha value is -2.91. The molecule has 4 rings (SSSR count). The molecule has 0 aliphatic carbocycles. The first-order chi connectivity index (χ1) is 19.7. The minimum absolute atomic E-state index is 0.0150. The van der Waals surface area contributed by atoms with Gasteiger partial charge in [0.15, 0.2) is 0 Å². The summed E-state index contributed by atoms with van der Waals surface area (Å²) in [6, 6.07) is 15.0. The van der Waals surface area contributed by atoms with E-state index in [1.54, 1.807) is 0 Å². The van der Waals surface area contributed by atoms with E-state index in [2.05, 4.69) is 49.4 Å².